The van der Waals surface area contributed by atoms with E-state index in [1.54, 1.807) is 27.7 Å². The maximum Gasteiger partial charge on any atom is 0.342 e. The Hall–Kier alpha value is -3.44. The second-order valence-corrected chi connectivity index (χ2v) is 11.9. The van der Waals surface area contributed by atoms with Gasteiger partial charge in [0.25, 0.3) is 0 Å². The van der Waals surface area contributed by atoms with Crippen molar-refractivity contribution < 1.29 is 42.4 Å². The number of nitrogens with two attached hydrogens (primary N) is 1. The number of aliphatic hydroxyl groups excluding tert-OH is 1. The number of carbonyl (C=O) groups is 2. The Morgan fingerprint density at radius 1 is 1.19 bits per heavy atom. The molecule has 0 saturated carbocycles. The fraction of sp³-hybridized carbons (Fsp3) is 0.682. The van der Waals surface area contributed by atoms with Gasteiger partial charge in [-0.25, -0.2) is 29.5 Å². The quantitative estimate of drug-likeness (QED) is 0.0821. The van der Waals surface area contributed by atoms with E-state index in [0.717, 1.165) is 17.2 Å². The Morgan fingerprint density at radius 3 is 2.29 bits per heavy atom. The minimum Gasteiger partial charge on any atom is -0.462 e. The fourth-order valence-corrected chi connectivity index (χ4v) is 5.72. The van der Waals surface area contributed by atoms with E-state index < -0.39 is 74.7 Å². The summed E-state index contributed by atoms with van der Waals surface area (Å²) < 4.78 is 52.1. The van der Waals surface area contributed by atoms with E-state index in [-0.39, 0.29) is 17.0 Å². The normalized spacial score (nSPS) is 24.0. The molecule has 20 heteroatoms. The molecule has 0 amide bonds. The standard InChI is InChI=1S/C22H34FN10O8P/c1-10(2)39-20(35)12(5)29-42(37,30-13(6)21(36)40-11(3)4)38-7-22(31-32-25)16(34)14(23)19(41-22)33-9-28-15-17(24)26-8-27-18(15)33/h8-14,16,19,34H,7H2,1-6H3,(H2,24,26,27)(H2,29,30,37)/t12-,13-,14+,16-,19+,22+/m0/s1. The van der Waals surface area contributed by atoms with Crippen LogP contribution in [0.25, 0.3) is 21.6 Å². The third kappa shape index (κ3) is 7.30. The Balaban J connectivity index is 1.92. The lowest BCUT2D eigenvalue weighted by molar-refractivity contribution is -0.149. The Labute approximate surface area is 239 Å². The summed E-state index contributed by atoms with van der Waals surface area (Å²) >= 11 is 0. The fourth-order valence-electron chi connectivity index (χ4n) is 3.90. The van der Waals surface area contributed by atoms with Crippen LogP contribution < -0.4 is 15.9 Å². The molecule has 1 fully saturated rings. The number of nitrogens with zero attached hydrogens (tertiary/aromatic N) is 7. The number of hydrogen-bond donors (Lipinski definition) is 4. The van der Waals surface area contributed by atoms with Crippen molar-refractivity contribution in [1.29, 1.82) is 0 Å². The van der Waals surface area contributed by atoms with Crippen molar-refractivity contribution in [2.24, 2.45) is 5.11 Å². The van der Waals surface area contributed by atoms with Crippen molar-refractivity contribution in [2.75, 3.05) is 12.3 Å². The first-order valence-corrected chi connectivity index (χ1v) is 14.5. The van der Waals surface area contributed by atoms with Crippen LogP contribution in [0.5, 0.6) is 0 Å². The zero-order chi connectivity index (χ0) is 31.4. The summed E-state index contributed by atoms with van der Waals surface area (Å²) in [6.45, 7) is 8.09. The van der Waals surface area contributed by atoms with E-state index in [1.165, 1.54) is 13.8 Å². The van der Waals surface area contributed by atoms with Gasteiger partial charge in [0.2, 0.25) is 5.72 Å². The lowest BCUT2D eigenvalue weighted by Gasteiger charge is -2.31. The second kappa shape index (κ2) is 13.2. The molecule has 0 radical (unpaired) electrons. The molecule has 3 rings (SSSR count). The second-order valence-electron chi connectivity index (χ2n) is 10.0. The van der Waals surface area contributed by atoms with Gasteiger partial charge < -0.3 is 29.6 Å². The average molecular weight is 617 g/mol. The molecular formula is C22H34FN10O8P. The highest BCUT2D eigenvalue weighted by Gasteiger charge is 2.57. The highest BCUT2D eigenvalue weighted by atomic mass is 31.2. The lowest BCUT2D eigenvalue weighted by Crippen LogP contribution is -2.47. The average Bonchev–Trinajstić information content (AvgIpc) is 3.43. The van der Waals surface area contributed by atoms with Crippen LogP contribution in [-0.2, 0) is 32.9 Å². The maximum atomic E-state index is 15.5. The summed E-state index contributed by atoms with van der Waals surface area (Å²) in [5.74, 6) is -1.59. The minimum atomic E-state index is -4.47. The number of anilines is 1. The third-order valence-electron chi connectivity index (χ3n) is 5.83. The van der Waals surface area contributed by atoms with Crippen LogP contribution in [0.3, 0.4) is 0 Å². The van der Waals surface area contributed by atoms with E-state index >= 15 is 4.39 Å². The number of halogens is 1. The molecule has 6 atom stereocenters. The number of rotatable bonds is 13. The molecule has 0 unspecified atom stereocenters. The Morgan fingerprint density at radius 2 is 1.76 bits per heavy atom. The predicted molar refractivity (Wildman–Crippen MR) is 144 cm³/mol. The van der Waals surface area contributed by atoms with E-state index in [9.17, 15) is 24.8 Å². The Bertz CT molecular complexity index is 1350. The van der Waals surface area contributed by atoms with Gasteiger partial charge in [0.15, 0.2) is 23.9 Å². The van der Waals surface area contributed by atoms with Crippen LogP contribution in [0.2, 0.25) is 0 Å². The topological polar surface area (TPSA) is 251 Å². The zero-order valence-corrected chi connectivity index (χ0v) is 24.6. The van der Waals surface area contributed by atoms with E-state index in [2.05, 4.69) is 35.2 Å². The third-order valence-corrected chi connectivity index (χ3v) is 7.77. The first-order chi connectivity index (χ1) is 19.6. The van der Waals surface area contributed by atoms with E-state index in [0.29, 0.717) is 0 Å². The first kappa shape index (κ1) is 33.1. The summed E-state index contributed by atoms with van der Waals surface area (Å²) in [4.78, 5) is 39.4. The van der Waals surface area contributed by atoms with Gasteiger partial charge in [0.05, 0.1) is 25.1 Å². The van der Waals surface area contributed by atoms with Crippen molar-refractivity contribution in [3.8, 4) is 0 Å². The van der Waals surface area contributed by atoms with Gasteiger partial charge in [-0.2, -0.15) is 0 Å². The summed E-state index contributed by atoms with van der Waals surface area (Å²) in [6.07, 6.45) is -4.75. The molecule has 0 aliphatic carbocycles. The first-order valence-electron chi connectivity index (χ1n) is 12.8. The number of azide groups is 1. The van der Waals surface area contributed by atoms with Crippen LogP contribution >= 0.6 is 7.67 Å². The lowest BCUT2D eigenvalue weighted by atomic mass is 10.1. The molecule has 18 nitrogen and oxygen atoms in total. The predicted octanol–water partition coefficient (Wildman–Crippen LogP) is 1.63. The number of nitrogen functional groups attached to an aromatic ring is 1. The van der Waals surface area contributed by atoms with Gasteiger partial charge in [-0.05, 0) is 47.1 Å². The van der Waals surface area contributed by atoms with Crippen LogP contribution in [0.1, 0.15) is 47.8 Å². The largest absolute Gasteiger partial charge is 0.462 e. The van der Waals surface area contributed by atoms with E-state index in [1.807, 2.05) is 0 Å². The number of esters is 2. The zero-order valence-electron chi connectivity index (χ0n) is 23.7. The van der Waals surface area contributed by atoms with Crippen molar-refractivity contribution in [1.82, 2.24) is 29.7 Å². The number of imidazole rings is 1. The molecule has 232 valence electrons. The SMILES string of the molecule is CC(C)OC(=O)[C@H](C)NP(=O)(N[C@@H](C)C(=O)OC(C)C)OC[C@@]1(N=[N+]=[N-])O[C@@H](n2cnc3c(N)ncnc32)[C@H](F)[C@@H]1O. The molecule has 0 aromatic carbocycles. The van der Waals surface area contributed by atoms with Crippen LogP contribution in [0, 0.1) is 0 Å². The molecule has 0 spiro atoms. The van der Waals surface area contributed by atoms with Gasteiger partial charge in [0.1, 0.15) is 30.0 Å². The smallest absolute Gasteiger partial charge is 0.342 e. The molecule has 42 heavy (non-hydrogen) atoms. The summed E-state index contributed by atoms with van der Waals surface area (Å²) in [6, 6.07) is -2.49. The number of aromatic nitrogens is 4. The summed E-state index contributed by atoms with van der Waals surface area (Å²) in [5, 5.41) is 19.2. The molecule has 5 N–H and O–H groups in total. The number of hydrogen-bond acceptors (Lipinski definition) is 13. The molecule has 1 saturated heterocycles. The van der Waals surface area contributed by atoms with E-state index in [4.69, 9.17) is 24.5 Å². The Kier molecular flexibility index (Phi) is 10.4. The molecule has 2 aromatic rings. The van der Waals surface area contributed by atoms with Crippen LogP contribution in [-0.4, -0.2) is 85.5 Å². The van der Waals surface area contributed by atoms with Crippen molar-refractivity contribution in [3.05, 3.63) is 23.1 Å². The molecule has 1 aliphatic heterocycles. The van der Waals surface area contributed by atoms with Gasteiger partial charge in [-0.1, -0.05) is 5.11 Å². The molecule has 0 bridgehead atoms. The van der Waals surface area contributed by atoms with Crippen molar-refractivity contribution >= 4 is 36.6 Å². The van der Waals surface area contributed by atoms with Gasteiger partial charge >= 0.3 is 19.6 Å². The number of fused-ring (bicyclic) bond motifs is 1. The van der Waals surface area contributed by atoms with Crippen molar-refractivity contribution in [2.45, 2.75) is 90.1 Å². The van der Waals surface area contributed by atoms with Gasteiger partial charge in [-0.3, -0.25) is 18.7 Å². The van der Waals surface area contributed by atoms with Crippen LogP contribution in [0.4, 0.5) is 10.2 Å². The monoisotopic (exact) mass is 616 g/mol. The van der Waals surface area contributed by atoms with Gasteiger partial charge in [-0.15, -0.1) is 0 Å². The van der Waals surface area contributed by atoms with Crippen molar-refractivity contribution in [3.63, 3.8) is 0 Å². The van der Waals surface area contributed by atoms with Gasteiger partial charge in [0, 0.05) is 4.91 Å². The molecule has 2 aromatic heterocycles. The highest BCUT2D eigenvalue weighted by Crippen LogP contribution is 2.46. The van der Waals surface area contributed by atoms with Crippen LogP contribution in [0.15, 0.2) is 17.8 Å². The number of alkyl halides is 1. The molecule has 1 aliphatic rings. The number of nitrogens with one attached hydrogen (secondary N) is 2. The number of carbonyl (C=O) groups excluding carboxylic acids is 2. The molecule has 3 heterocycles. The summed E-state index contributed by atoms with van der Waals surface area (Å²) in [7, 11) is -4.47. The molecular weight excluding hydrogens is 582 g/mol. The number of aliphatic hydroxyl groups is 1. The summed E-state index contributed by atoms with van der Waals surface area (Å²) in [5.41, 5.74) is 12.8. The maximum absolute atomic E-state index is 15.5. The highest BCUT2D eigenvalue weighted by molar-refractivity contribution is 7.54. The minimum absolute atomic E-state index is 0.00524. The number of ether oxygens (including phenoxy) is 3.